The number of nitrogens with zero attached hydrogens (tertiary/aromatic N) is 4. The molecule has 0 saturated carbocycles. The molecule has 1 aliphatic heterocycles. The molecule has 4 atom stereocenters. The lowest BCUT2D eigenvalue weighted by atomic mass is 10.1. The molecule has 0 amide bonds. The molecule has 8 nitrogen and oxygen atoms in total. The average Bonchev–Trinajstić information content (AvgIpc) is 2.93. The highest BCUT2D eigenvalue weighted by atomic mass is 79.9. The van der Waals surface area contributed by atoms with Crippen LogP contribution >= 0.6 is 27.5 Å². The Labute approximate surface area is 126 Å². The molecule has 1 aliphatic rings. The van der Waals surface area contributed by atoms with Gasteiger partial charge in [-0.2, -0.15) is 0 Å². The zero-order valence-electron chi connectivity index (χ0n) is 9.89. The SMILES string of the molecule is OC[C@H]1OC(n2cnc3c(Cl)nc(Br)nc32)[C@H](O)[C@@H]1O. The topological polar surface area (TPSA) is 114 Å². The molecular weight excluding hydrogens is 355 g/mol. The smallest absolute Gasteiger partial charge is 0.200 e. The summed E-state index contributed by atoms with van der Waals surface area (Å²) in [4.78, 5) is 12.1. The molecule has 2 aromatic rings. The molecule has 108 valence electrons. The molecule has 0 bridgehead atoms. The van der Waals surface area contributed by atoms with Gasteiger partial charge >= 0.3 is 0 Å². The molecule has 3 heterocycles. The molecule has 1 saturated heterocycles. The maximum Gasteiger partial charge on any atom is 0.200 e. The number of ether oxygens (including phenoxy) is 1. The fourth-order valence-corrected chi connectivity index (χ4v) is 2.81. The third-order valence-corrected chi connectivity index (χ3v) is 3.76. The van der Waals surface area contributed by atoms with Crippen molar-refractivity contribution in [3.8, 4) is 0 Å². The molecule has 2 aromatic heterocycles. The van der Waals surface area contributed by atoms with E-state index in [0.717, 1.165) is 0 Å². The summed E-state index contributed by atoms with van der Waals surface area (Å²) < 4.78 is 7.13. The highest BCUT2D eigenvalue weighted by Gasteiger charge is 2.44. The van der Waals surface area contributed by atoms with Crippen LogP contribution in [0.25, 0.3) is 11.2 Å². The van der Waals surface area contributed by atoms with Crippen molar-refractivity contribution < 1.29 is 20.1 Å². The number of aliphatic hydroxyl groups is 3. The van der Waals surface area contributed by atoms with E-state index in [9.17, 15) is 10.2 Å². The minimum Gasteiger partial charge on any atom is -0.394 e. The number of aromatic nitrogens is 4. The van der Waals surface area contributed by atoms with Crippen molar-refractivity contribution in [2.75, 3.05) is 6.61 Å². The van der Waals surface area contributed by atoms with E-state index in [1.807, 2.05) is 0 Å². The van der Waals surface area contributed by atoms with Gasteiger partial charge in [-0.3, -0.25) is 4.57 Å². The van der Waals surface area contributed by atoms with Crippen molar-refractivity contribution in [1.82, 2.24) is 19.5 Å². The second-order valence-electron chi connectivity index (χ2n) is 4.34. The van der Waals surface area contributed by atoms with Crippen LogP contribution in [0, 0.1) is 0 Å². The number of imidazole rings is 1. The van der Waals surface area contributed by atoms with Gasteiger partial charge in [0.2, 0.25) is 0 Å². The van der Waals surface area contributed by atoms with Crippen molar-refractivity contribution in [1.29, 1.82) is 0 Å². The Kier molecular flexibility index (Phi) is 3.65. The molecule has 1 fully saturated rings. The first-order valence-corrected chi connectivity index (χ1v) is 6.88. The van der Waals surface area contributed by atoms with Crippen LogP contribution in [-0.4, -0.2) is 59.8 Å². The summed E-state index contributed by atoms with van der Waals surface area (Å²) in [5, 5.41) is 29.0. The van der Waals surface area contributed by atoms with E-state index in [1.54, 1.807) is 0 Å². The zero-order chi connectivity index (χ0) is 14.4. The third-order valence-electron chi connectivity index (χ3n) is 3.14. The highest BCUT2D eigenvalue weighted by molar-refractivity contribution is 9.10. The minimum absolute atomic E-state index is 0.160. The van der Waals surface area contributed by atoms with E-state index in [1.165, 1.54) is 10.9 Å². The van der Waals surface area contributed by atoms with Crippen LogP contribution in [0.3, 0.4) is 0 Å². The summed E-state index contributed by atoms with van der Waals surface area (Å²) in [6, 6.07) is 0. The van der Waals surface area contributed by atoms with Gasteiger partial charge in [0.25, 0.3) is 0 Å². The van der Waals surface area contributed by atoms with Crippen molar-refractivity contribution in [2.24, 2.45) is 0 Å². The molecule has 0 radical (unpaired) electrons. The molecule has 10 heteroatoms. The van der Waals surface area contributed by atoms with Gasteiger partial charge in [-0.25, -0.2) is 15.0 Å². The first kappa shape index (κ1) is 14.1. The number of hydrogen-bond acceptors (Lipinski definition) is 7. The predicted molar refractivity (Wildman–Crippen MR) is 71.0 cm³/mol. The Morgan fingerprint density at radius 2 is 2.10 bits per heavy atom. The number of aliphatic hydroxyl groups excluding tert-OH is 3. The van der Waals surface area contributed by atoms with Gasteiger partial charge < -0.3 is 20.1 Å². The van der Waals surface area contributed by atoms with Gasteiger partial charge in [-0.15, -0.1) is 0 Å². The van der Waals surface area contributed by atoms with Gasteiger partial charge in [0.05, 0.1) is 12.9 Å². The molecule has 0 aliphatic carbocycles. The first-order valence-electron chi connectivity index (χ1n) is 5.71. The highest BCUT2D eigenvalue weighted by Crippen LogP contribution is 2.32. The van der Waals surface area contributed by atoms with Crippen LogP contribution in [-0.2, 0) is 4.74 Å². The van der Waals surface area contributed by atoms with E-state index in [0.29, 0.717) is 11.2 Å². The van der Waals surface area contributed by atoms with E-state index in [4.69, 9.17) is 21.4 Å². The predicted octanol–water partition coefficient (Wildman–Crippen LogP) is -0.146. The maximum atomic E-state index is 10.0. The molecular formula is C10H10BrClN4O4. The maximum absolute atomic E-state index is 10.0. The standard InChI is InChI=1S/C10H10BrClN4O4/c11-10-14-7(12)4-8(15-10)16(2-13-4)9-6(19)5(18)3(1-17)20-9/h2-3,5-6,9,17-19H,1H2/t3-,5-,6-,9?/m1/s1. The van der Waals surface area contributed by atoms with Crippen molar-refractivity contribution >= 4 is 38.7 Å². The average molecular weight is 366 g/mol. The van der Waals surface area contributed by atoms with E-state index >= 15 is 0 Å². The van der Waals surface area contributed by atoms with Crippen LogP contribution in [0.4, 0.5) is 0 Å². The Balaban J connectivity index is 2.07. The summed E-state index contributed by atoms with van der Waals surface area (Å²) >= 11 is 9.08. The van der Waals surface area contributed by atoms with Crippen molar-refractivity contribution in [3.63, 3.8) is 0 Å². The Hall–Kier alpha value is -0.840. The van der Waals surface area contributed by atoms with Gasteiger partial charge in [0, 0.05) is 0 Å². The molecule has 20 heavy (non-hydrogen) atoms. The van der Waals surface area contributed by atoms with Crippen LogP contribution in [0.5, 0.6) is 0 Å². The van der Waals surface area contributed by atoms with Crippen LogP contribution < -0.4 is 0 Å². The Morgan fingerprint density at radius 3 is 2.75 bits per heavy atom. The molecule has 3 N–H and O–H groups in total. The fraction of sp³-hybridized carbons (Fsp3) is 0.500. The first-order chi connectivity index (χ1) is 9.52. The van der Waals surface area contributed by atoms with Gasteiger partial charge in [-0.05, 0) is 15.9 Å². The summed E-state index contributed by atoms with van der Waals surface area (Å²) in [5.41, 5.74) is 0.708. The largest absolute Gasteiger partial charge is 0.394 e. The lowest BCUT2D eigenvalue weighted by Gasteiger charge is -2.16. The normalized spacial score (nSPS) is 30.2. The van der Waals surface area contributed by atoms with Gasteiger partial charge in [0.15, 0.2) is 21.8 Å². The third kappa shape index (κ3) is 2.10. The van der Waals surface area contributed by atoms with Gasteiger partial charge in [-0.1, -0.05) is 11.6 Å². The van der Waals surface area contributed by atoms with Crippen LogP contribution in [0.2, 0.25) is 5.15 Å². The summed E-state index contributed by atoms with van der Waals surface area (Å²) in [7, 11) is 0. The van der Waals surface area contributed by atoms with Gasteiger partial charge in [0.1, 0.15) is 23.8 Å². The lowest BCUT2D eigenvalue weighted by molar-refractivity contribution is -0.0511. The summed E-state index contributed by atoms with van der Waals surface area (Å²) in [5.74, 6) is 0. The Bertz CT molecular complexity index is 653. The fourth-order valence-electron chi connectivity index (χ4n) is 2.15. The van der Waals surface area contributed by atoms with Crippen LogP contribution in [0.1, 0.15) is 6.23 Å². The van der Waals surface area contributed by atoms with E-state index < -0.39 is 31.1 Å². The second kappa shape index (κ2) is 5.17. The van der Waals surface area contributed by atoms with Crippen molar-refractivity contribution in [2.45, 2.75) is 24.5 Å². The molecule has 0 aromatic carbocycles. The monoisotopic (exact) mass is 364 g/mol. The van der Waals surface area contributed by atoms with Crippen molar-refractivity contribution in [3.05, 3.63) is 16.2 Å². The molecule has 1 unspecified atom stereocenters. The zero-order valence-corrected chi connectivity index (χ0v) is 12.2. The quantitative estimate of drug-likeness (QED) is 0.501. The Morgan fingerprint density at radius 1 is 1.35 bits per heavy atom. The van der Waals surface area contributed by atoms with E-state index in [-0.39, 0.29) is 9.89 Å². The molecule has 3 rings (SSSR count). The minimum atomic E-state index is -1.21. The summed E-state index contributed by atoms with van der Waals surface area (Å²) in [6.45, 7) is -0.402. The number of rotatable bonds is 2. The van der Waals surface area contributed by atoms with Crippen LogP contribution in [0.15, 0.2) is 11.1 Å². The second-order valence-corrected chi connectivity index (χ2v) is 5.40. The van der Waals surface area contributed by atoms with E-state index in [2.05, 4.69) is 30.9 Å². The molecule has 0 spiro atoms. The summed E-state index contributed by atoms with van der Waals surface area (Å²) in [6.07, 6.45) is -2.80. The number of halogens is 2. The number of fused-ring (bicyclic) bond motifs is 1. The number of hydrogen-bond donors (Lipinski definition) is 3. The lowest BCUT2D eigenvalue weighted by Crippen LogP contribution is -2.33.